The van der Waals surface area contributed by atoms with Crippen LogP contribution in [-0.4, -0.2) is 29.1 Å². The van der Waals surface area contributed by atoms with Gasteiger partial charge < -0.3 is 4.90 Å². The molecule has 0 aliphatic carbocycles. The van der Waals surface area contributed by atoms with E-state index in [1.807, 2.05) is 24.9 Å². The molecule has 15 heavy (non-hydrogen) atoms. The summed E-state index contributed by atoms with van der Waals surface area (Å²) in [5, 5.41) is 0. The minimum Gasteiger partial charge on any atom is -0.307 e. The molecule has 1 aromatic heterocycles. The quantitative estimate of drug-likeness (QED) is 0.545. The average molecular weight is 210 g/mol. The molecule has 0 aliphatic heterocycles. The first kappa shape index (κ1) is 11.8. The van der Waals surface area contributed by atoms with Crippen LogP contribution < -0.4 is 4.57 Å². The predicted octanol–water partition coefficient (Wildman–Crippen LogP) is 1.40. The zero-order valence-corrected chi connectivity index (χ0v) is 9.81. The molecule has 0 saturated heterocycles. The topological polar surface area (TPSA) is 29.1 Å². The van der Waals surface area contributed by atoms with E-state index in [1.54, 1.807) is 22.0 Å². The van der Waals surface area contributed by atoms with Crippen molar-refractivity contribution in [3.8, 4) is 0 Å². The fourth-order valence-corrected chi connectivity index (χ4v) is 1.46. The molecule has 0 saturated carbocycles. The van der Waals surface area contributed by atoms with Crippen molar-refractivity contribution >= 4 is 6.03 Å². The lowest BCUT2D eigenvalue weighted by atomic mass is 10.2. The van der Waals surface area contributed by atoms with Crippen molar-refractivity contribution in [2.24, 2.45) is 7.05 Å². The van der Waals surface area contributed by atoms with Gasteiger partial charge in [-0.05, 0) is 6.42 Å². The van der Waals surface area contributed by atoms with Crippen LogP contribution >= 0.6 is 0 Å². The zero-order valence-electron chi connectivity index (χ0n) is 9.81. The number of hydrogen-bond acceptors (Lipinski definition) is 1. The van der Waals surface area contributed by atoms with E-state index in [9.17, 15) is 4.79 Å². The summed E-state index contributed by atoms with van der Waals surface area (Å²) in [5.41, 5.74) is 0. The third-order valence-electron chi connectivity index (χ3n) is 2.41. The molecule has 4 nitrogen and oxygen atoms in total. The number of unbranched alkanes of at least 4 members (excludes halogenated alkanes) is 2. The number of carbonyl (C=O) groups excluding carboxylic acids is 1. The predicted molar refractivity (Wildman–Crippen MR) is 58.6 cm³/mol. The fraction of sp³-hybridized carbons (Fsp3) is 0.636. The second-order valence-electron chi connectivity index (χ2n) is 3.90. The van der Waals surface area contributed by atoms with Gasteiger partial charge in [0.2, 0.25) is 0 Å². The van der Waals surface area contributed by atoms with Crippen LogP contribution in [-0.2, 0) is 7.05 Å². The third-order valence-corrected chi connectivity index (χ3v) is 2.41. The van der Waals surface area contributed by atoms with Crippen molar-refractivity contribution < 1.29 is 9.36 Å². The van der Waals surface area contributed by atoms with Gasteiger partial charge in [0.05, 0.1) is 7.05 Å². The van der Waals surface area contributed by atoms with E-state index in [-0.39, 0.29) is 6.03 Å². The Kier molecular flexibility index (Phi) is 4.34. The molecular weight excluding hydrogens is 190 g/mol. The lowest BCUT2D eigenvalue weighted by molar-refractivity contribution is -0.670. The Bertz CT molecular complexity index is 319. The maximum Gasteiger partial charge on any atom is 0.415 e. The maximum atomic E-state index is 11.8. The molecule has 1 amide bonds. The number of amides is 1. The minimum absolute atomic E-state index is 0.0340. The summed E-state index contributed by atoms with van der Waals surface area (Å²) in [6, 6.07) is 0.0340. The van der Waals surface area contributed by atoms with Gasteiger partial charge in [-0.2, -0.15) is 4.57 Å². The van der Waals surface area contributed by atoms with Gasteiger partial charge in [-0.3, -0.25) is 0 Å². The van der Waals surface area contributed by atoms with E-state index in [0.29, 0.717) is 0 Å². The summed E-state index contributed by atoms with van der Waals surface area (Å²) in [4.78, 5) is 13.6. The smallest absolute Gasteiger partial charge is 0.307 e. The van der Waals surface area contributed by atoms with E-state index in [4.69, 9.17) is 0 Å². The zero-order chi connectivity index (χ0) is 11.3. The number of aromatic nitrogens is 2. The van der Waals surface area contributed by atoms with Crippen molar-refractivity contribution in [3.63, 3.8) is 0 Å². The Morgan fingerprint density at radius 3 is 2.73 bits per heavy atom. The molecule has 1 aromatic rings. The molecule has 4 heteroatoms. The summed E-state index contributed by atoms with van der Waals surface area (Å²) in [6.07, 6.45) is 8.85. The second kappa shape index (κ2) is 5.53. The van der Waals surface area contributed by atoms with Crippen LogP contribution in [0.1, 0.15) is 26.2 Å². The fourth-order valence-electron chi connectivity index (χ4n) is 1.46. The Morgan fingerprint density at radius 2 is 2.20 bits per heavy atom. The number of carbonyl (C=O) groups is 1. The molecule has 0 N–H and O–H groups in total. The van der Waals surface area contributed by atoms with E-state index in [1.165, 1.54) is 12.8 Å². The van der Waals surface area contributed by atoms with E-state index < -0.39 is 0 Å². The normalized spacial score (nSPS) is 10.3. The molecule has 0 fully saturated rings. The average Bonchev–Trinajstić information content (AvgIpc) is 2.64. The van der Waals surface area contributed by atoms with Crippen LogP contribution in [0, 0.1) is 0 Å². The number of nitrogens with zero attached hydrogens (tertiary/aromatic N) is 3. The van der Waals surface area contributed by atoms with Crippen LogP contribution in [0.4, 0.5) is 4.79 Å². The molecular formula is C11H20N3O+. The molecule has 0 radical (unpaired) electrons. The van der Waals surface area contributed by atoms with E-state index >= 15 is 0 Å². The first-order chi connectivity index (χ1) is 7.15. The standard InChI is InChI=1S/C11H20N3O/c1-4-5-6-7-13(3)11(15)14-9-8-12(2)10-14/h8-10H,4-7H2,1-3H3/q+1. The van der Waals surface area contributed by atoms with Crippen molar-refractivity contribution in [3.05, 3.63) is 18.7 Å². The SMILES string of the molecule is CCCCCN(C)C(=O)n1cc[n+](C)c1. The van der Waals surface area contributed by atoms with Crippen molar-refractivity contribution in [2.75, 3.05) is 13.6 Å². The lowest BCUT2D eigenvalue weighted by Crippen LogP contribution is -2.33. The summed E-state index contributed by atoms with van der Waals surface area (Å²) < 4.78 is 3.46. The molecule has 0 spiro atoms. The molecule has 1 rings (SSSR count). The van der Waals surface area contributed by atoms with Gasteiger partial charge in [0.15, 0.2) is 0 Å². The van der Waals surface area contributed by atoms with Gasteiger partial charge in [0, 0.05) is 13.6 Å². The van der Waals surface area contributed by atoms with Crippen molar-refractivity contribution in [1.29, 1.82) is 0 Å². The summed E-state index contributed by atoms with van der Waals surface area (Å²) in [7, 11) is 3.75. The van der Waals surface area contributed by atoms with Crippen LogP contribution in [0.15, 0.2) is 18.7 Å². The number of hydrogen-bond donors (Lipinski definition) is 0. The van der Waals surface area contributed by atoms with Gasteiger partial charge in [0.25, 0.3) is 6.33 Å². The molecule has 1 heterocycles. The van der Waals surface area contributed by atoms with Crippen LogP contribution in [0.3, 0.4) is 0 Å². The van der Waals surface area contributed by atoms with Crippen LogP contribution in [0.2, 0.25) is 0 Å². The molecule has 0 bridgehead atoms. The highest BCUT2D eigenvalue weighted by Crippen LogP contribution is 1.98. The maximum absolute atomic E-state index is 11.8. The first-order valence-electron chi connectivity index (χ1n) is 5.44. The van der Waals surface area contributed by atoms with Crippen molar-refractivity contribution in [1.82, 2.24) is 9.47 Å². The van der Waals surface area contributed by atoms with E-state index in [2.05, 4.69) is 6.92 Å². The highest BCUT2D eigenvalue weighted by Gasteiger charge is 2.15. The number of aryl methyl sites for hydroxylation is 1. The Morgan fingerprint density at radius 1 is 1.47 bits per heavy atom. The van der Waals surface area contributed by atoms with Crippen LogP contribution in [0.5, 0.6) is 0 Å². The molecule has 0 aliphatic rings. The Labute approximate surface area is 91.1 Å². The van der Waals surface area contributed by atoms with Gasteiger partial charge in [-0.15, -0.1) is 0 Å². The van der Waals surface area contributed by atoms with Gasteiger partial charge in [-0.25, -0.2) is 9.36 Å². The number of imidazole rings is 1. The van der Waals surface area contributed by atoms with E-state index in [0.717, 1.165) is 13.0 Å². The molecule has 84 valence electrons. The van der Waals surface area contributed by atoms with Gasteiger partial charge in [-0.1, -0.05) is 19.8 Å². The largest absolute Gasteiger partial charge is 0.415 e. The first-order valence-corrected chi connectivity index (χ1v) is 5.44. The molecule has 0 unspecified atom stereocenters. The molecule has 0 atom stereocenters. The van der Waals surface area contributed by atoms with Crippen LogP contribution in [0.25, 0.3) is 0 Å². The van der Waals surface area contributed by atoms with Gasteiger partial charge in [0.1, 0.15) is 12.4 Å². The van der Waals surface area contributed by atoms with Crippen molar-refractivity contribution in [2.45, 2.75) is 26.2 Å². The highest BCUT2D eigenvalue weighted by molar-refractivity contribution is 5.76. The second-order valence-corrected chi connectivity index (χ2v) is 3.90. The minimum atomic E-state index is 0.0340. The lowest BCUT2D eigenvalue weighted by Gasteiger charge is -2.13. The third kappa shape index (κ3) is 3.38. The summed E-state index contributed by atoms with van der Waals surface area (Å²) in [5.74, 6) is 0. The molecule has 0 aromatic carbocycles. The number of rotatable bonds is 4. The van der Waals surface area contributed by atoms with Gasteiger partial charge >= 0.3 is 6.03 Å². The Hall–Kier alpha value is -1.32. The summed E-state index contributed by atoms with van der Waals surface area (Å²) in [6.45, 7) is 2.99. The summed E-state index contributed by atoms with van der Waals surface area (Å²) >= 11 is 0. The monoisotopic (exact) mass is 210 g/mol. The Balaban J connectivity index is 2.46. The highest BCUT2D eigenvalue weighted by atomic mass is 16.2.